The minimum Gasteiger partial charge on any atom is -0.383 e. The summed E-state index contributed by atoms with van der Waals surface area (Å²) in [5.41, 5.74) is 4.42. The van der Waals surface area contributed by atoms with Crippen LogP contribution in [0.15, 0.2) is 55.0 Å². The largest absolute Gasteiger partial charge is 0.383 e. The number of nitrogens with zero attached hydrogens (tertiary/aromatic N) is 5. The van der Waals surface area contributed by atoms with E-state index in [1.54, 1.807) is 36.1 Å². The van der Waals surface area contributed by atoms with Crippen LogP contribution in [0.25, 0.3) is 16.8 Å². The van der Waals surface area contributed by atoms with E-state index < -0.39 is 4.92 Å². The van der Waals surface area contributed by atoms with Gasteiger partial charge in [-0.05, 0) is 36.8 Å². The predicted octanol–water partition coefficient (Wildman–Crippen LogP) is 3.79. The molecule has 3 aromatic heterocycles. The average molecular weight is 375 g/mol. The van der Waals surface area contributed by atoms with Gasteiger partial charge in [0, 0.05) is 36.8 Å². The predicted molar refractivity (Wildman–Crippen MR) is 107 cm³/mol. The fraction of sp³-hybridized carbons (Fsp3) is 0.105. The minimum atomic E-state index is -0.433. The van der Waals surface area contributed by atoms with Crippen LogP contribution in [0.1, 0.15) is 5.56 Å². The molecule has 3 heterocycles. The van der Waals surface area contributed by atoms with E-state index in [1.165, 1.54) is 6.07 Å². The van der Waals surface area contributed by atoms with Gasteiger partial charge in [0.25, 0.3) is 5.69 Å². The van der Waals surface area contributed by atoms with E-state index in [4.69, 9.17) is 0 Å². The Morgan fingerprint density at radius 1 is 1.18 bits per heavy atom. The topological polar surface area (TPSA) is 110 Å². The number of aromatic nitrogens is 4. The molecule has 0 aliphatic carbocycles. The Kier molecular flexibility index (Phi) is 4.32. The Morgan fingerprint density at radius 3 is 2.82 bits per heavy atom. The molecule has 0 aliphatic rings. The second-order valence-electron chi connectivity index (χ2n) is 6.18. The second kappa shape index (κ2) is 6.95. The van der Waals surface area contributed by atoms with Crippen molar-refractivity contribution in [2.24, 2.45) is 0 Å². The van der Waals surface area contributed by atoms with Gasteiger partial charge in [-0.25, -0.2) is 14.5 Å². The van der Waals surface area contributed by atoms with Gasteiger partial charge in [0.05, 0.1) is 22.3 Å². The van der Waals surface area contributed by atoms with Crippen molar-refractivity contribution in [1.82, 2.24) is 19.6 Å². The Morgan fingerprint density at radius 2 is 2.04 bits per heavy atom. The molecule has 2 N–H and O–H groups in total. The number of nitro groups is 1. The van der Waals surface area contributed by atoms with Gasteiger partial charge in [-0.2, -0.15) is 5.10 Å². The van der Waals surface area contributed by atoms with Gasteiger partial charge >= 0.3 is 0 Å². The van der Waals surface area contributed by atoms with Crippen molar-refractivity contribution in [3.63, 3.8) is 0 Å². The molecule has 0 radical (unpaired) electrons. The lowest BCUT2D eigenvalue weighted by Gasteiger charge is -2.09. The molecular formula is C19H17N7O2. The molecule has 0 atom stereocenters. The lowest BCUT2D eigenvalue weighted by atomic mass is 10.1. The zero-order valence-corrected chi connectivity index (χ0v) is 15.2. The molecule has 0 amide bonds. The van der Waals surface area contributed by atoms with E-state index in [0.717, 1.165) is 22.3 Å². The van der Waals surface area contributed by atoms with Crippen LogP contribution in [0.4, 0.5) is 23.0 Å². The molecule has 0 aliphatic heterocycles. The van der Waals surface area contributed by atoms with Crippen LogP contribution in [-0.4, -0.2) is 31.6 Å². The molecule has 0 fully saturated rings. The molecule has 0 saturated carbocycles. The van der Waals surface area contributed by atoms with E-state index in [2.05, 4.69) is 25.7 Å². The molecule has 4 aromatic rings. The first-order valence-electron chi connectivity index (χ1n) is 8.56. The van der Waals surface area contributed by atoms with E-state index in [-0.39, 0.29) is 5.69 Å². The van der Waals surface area contributed by atoms with Gasteiger partial charge in [-0.3, -0.25) is 10.1 Å². The van der Waals surface area contributed by atoms with Crippen LogP contribution in [0.5, 0.6) is 0 Å². The second-order valence-corrected chi connectivity index (χ2v) is 6.18. The standard InChI is InChI=1S/C19H17N7O2/c1-12-10-21-19(23-13-6-7-15(20-2)17(9-13)26(27)28)24-18(12)14-11-22-25-8-4-3-5-16(14)25/h3-11,20H,1-2H3,(H,21,23,24). The molecule has 28 heavy (non-hydrogen) atoms. The van der Waals surface area contributed by atoms with Crippen molar-refractivity contribution in [1.29, 1.82) is 0 Å². The Bertz CT molecular complexity index is 1190. The summed E-state index contributed by atoms with van der Waals surface area (Å²) in [7, 11) is 1.64. The van der Waals surface area contributed by atoms with Crippen molar-refractivity contribution in [2.75, 3.05) is 17.7 Å². The van der Waals surface area contributed by atoms with Crippen molar-refractivity contribution >= 4 is 28.5 Å². The van der Waals surface area contributed by atoms with Gasteiger partial charge in [0.2, 0.25) is 5.95 Å². The highest BCUT2D eigenvalue weighted by Crippen LogP contribution is 2.30. The molecule has 1 aromatic carbocycles. The Labute approximate surface area is 160 Å². The number of hydrogen-bond acceptors (Lipinski definition) is 7. The SMILES string of the molecule is CNc1ccc(Nc2ncc(C)c(-c3cnn4ccccc34)n2)cc1[N+](=O)[O-]. The van der Waals surface area contributed by atoms with Crippen LogP contribution in [0.2, 0.25) is 0 Å². The number of benzene rings is 1. The van der Waals surface area contributed by atoms with Crippen LogP contribution >= 0.6 is 0 Å². The normalized spacial score (nSPS) is 10.8. The summed E-state index contributed by atoms with van der Waals surface area (Å²) in [5.74, 6) is 0.349. The maximum atomic E-state index is 11.3. The first-order valence-corrected chi connectivity index (χ1v) is 8.56. The summed E-state index contributed by atoms with van der Waals surface area (Å²) < 4.78 is 1.78. The number of pyridine rings is 1. The molecule has 0 unspecified atom stereocenters. The molecular weight excluding hydrogens is 358 g/mol. The number of hydrogen-bond donors (Lipinski definition) is 2. The summed E-state index contributed by atoms with van der Waals surface area (Å²) in [6.07, 6.45) is 5.35. The number of nitrogens with one attached hydrogen (secondary N) is 2. The molecule has 0 saturated heterocycles. The maximum absolute atomic E-state index is 11.3. The fourth-order valence-electron chi connectivity index (χ4n) is 2.99. The summed E-state index contributed by atoms with van der Waals surface area (Å²) in [6.45, 7) is 1.93. The number of aryl methyl sites for hydroxylation is 1. The third kappa shape index (κ3) is 3.09. The van der Waals surface area contributed by atoms with E-state index in [1.807, 2.05) is 31.3 Å². The zero-order valence-electron chi connectivity index (χ0n) is 15.2. The average Bonchev–Trinajstić information content (AvgIpc) is 3.13. The molecule has 140 valence electrons. The first kappa shape index (κ1) is 17.4. The highest BCUT2D eigenvalue weighted by molar-refractivity contribution is 5.80. The smallest absolute Gasteiger partial charge is 0.294 e. The quantitative estimate of drug-likeness (QED) is 0.403. The van der Waals surface area contributed by atoms with Crippen molar-refractivity contribution < 1.29 is 4.92 Å². The summed E-state index contributed by atoms with van der Waals surface area (Å²) in [6, 6.07) is 10.6. The maximum Gasteiger partial charge on any atom is 0.294 e. The van der Waals surface area contributed by atoms with Crippen LogP contribution in [0, 0.1) is 17.0 Å². The summed E-state index contributed by atoms with van der Waals surface area (Å²) in [4.78, 5) is 19.8. The van der Waals surface area contributed by atoms with Gasteiger partial charge in [0.1, 0.15) is 5.69 Å². The number of anilines is 3. The summed E-state index contributed by atoms with van der Waals surface area (Å²) in [5, 5.41) is 21.5. The van der Waals surface area contributed by atoms with E-state index in [9.17, 15) is 10.1 Å². The molecule has 0 spiro atoms. The van der Waals surface area contributed by atoms with Crippen molar-refractivity contribution in [3.8, 4) is 11.3 Å². The van der Waals surface area contributed by atoms with E-state index >= 15 is 0 Å². The lowest BCUT2D eigenvalue weighted by molar-refractivity contribution is -0.383. The van der Waals surface area contributed by atoms with Crippen LogP contribution in [-0.2, 0) is 0 Å². The summed E-state index contributed by atoms with van der Waals surface area (Å²) >= 11 is 0. The van der Waals surface area contributed by atoms with Gasteiger partial charge in [-0.1, -0.05) is 6.07 Å². The first-order chi connectivity index (χ1) is 13.6. The number of fused-ring (bicyclic) bond motifs is 1. The van der Waals surface area contributed by atoms with Crippen molar-refractivity contribution in [3.05, 3.63) is 70.7 Å². The molecule has 0 bridgehead atoms. The lowest BCUT2D eigenvalue weighted by Crippen LogP contribution is -2.02. The van der Waals surface area contributed by atoms with Gasteiger partial charge in [-0.15, -0.1) is 0 Å². The third-order valence-corrected chi connectivity index (χ3v) is 4.37. The molecule has 9 heteroatoms. The molecule has 9 nitrogen and oxygen atoms in total. The third-order valence-electron chi connectivity index (χ3n) is 4.37. The van der Waals surface area contributed by atoms with Crippen LogP contribution in [0.3, 0.4) is 0 Å². The van der Waals surface area contributed by atoms with E-state index in [0.29, 0.717) is 17.3 Å². The Balaban J connectivity index is 1.72. The zero-order chi connectivity index (χ0) is 19.7. The minimum absolute atomic E-state index is 0.0255. The Hall–Kier alpha value is -4.01. The number of rotatable bonds is 5. The fourth-order valence-corrected chi connectivity index (χ4v) is 2.99. The van der Waals surface area contributed by atoms with Crippen LogP contribution < -0.4 is 10.6 Å². The van der Waals surface area contributed by atoms with Crippen molar-refractivity contribution in [2.45, 2.75) is 6.92 Å². The highest BCUT2D eigenvalue weighted by atomic mass is 16.6. The monoisotopic (exact) mass is 375 g/mol. The van der Waals surface area contributed by atoms with Gasteiger partial charge < -0.3 is 10.6 Å². The van der Waals surface area contributed by atoms with Gasteiger partial charge in [0.15, 0.2) is 0 Å². The molecule has 4 rings (SSSR count). The highest BCUT2D eigenvalue weighted by Gasteiger charge is 2.15. The number of nitro benzene ring substituents is 1.